The maximum atomic E-state index is 5.26. The summed E-state index contributed by atoms with van der Waals surface area (Å²) in [6.07, 6.45) is 0. The van der Waals surface area contributed by atoms with E-state index in [9.17, 15) is 0 Å². The van der Waals surface area contributed by atoms with Gasteiger partial charge in [-0.2, -0.15) is 9.97 Å². The van der Waals surface area contributed by atoms with Gasteiger partial charge in [0.15, 0.2) is 11.6 Å². The van der Waals surface area contributed by atoms with Crippen LogP contribution in [0.3, 0.4) is 0 Å². The minimum Gasteiger partial charge on any atom is -0.309 e. The van der Waals surface area contributed by atoms with Gasteiger partial charge in [0.25, 0.3) is 0 Å². The average Bonchev–Trinajstić information content (AvgIpc) is 3.93. The zero-order valence-corrected chi connectivity index (χ0v) is 31.4. The molecule has 12 aromatic rings. The lowest BCUT2D eigenvalue weighted by Crippen LogP contribution is -2.06. The zero-order valence-electron chi connectivity index (χ0n) is 30.5. The quantitative estimate of drug-likeness (QED) is 0.176. The molecule has 266 valence electrons. The predicted octanol–water partition coefficient (Wildman–Crippen LogP) is 13.4. The zero-order chi connectivity index (χ0) is 37.5. The number of hydrogen-bond acceptors (Lipinski definition) is 4. The summed E-state index contributed by atoms with van der Waals surface area (Å²) in [5.41, 5.74) is 9.91. The number of aromatic nitrogens is 5. The van der Waals surface area contributed by atoms with Crippen LogP contribution in [0, 0.1) is 0 Å². The van der Waals surface area contributed by atoms with E-state index in [1.165, 1.54) is 53.1 Å². The van der Waals surface area contributed by atoms with Crippen molar-refractivity contribution in [1.29, 1.82) is 0 Å². The monoisotopic (exact) mass is 745 g/mol. The first-order valence-electron chi connectivity index (χ1n) is 19.1. The third kappa shape index (κ3) is 5.04. The largest absolute Gasteiger partial charge is 0.309 e. The summed E-state index contributed by atoms with van der Waals surface area (Å²) in [5.74, 6) is 1.86. The SMILES string of the molecule is c1ccc(-c2ccc3c(c2)c2ccccc2n3-c2nc(-c3ccccc3)nc(-c3ccc4c(c3)sc3ccc(-n5c6ccccc6c6ccccc65)cc34)n2)cc1. The average molecular weight is 746 g/mol. The first kappa shape index (κ1) is 31.9. The smallest absolute Gasteiger partial charge is 0.238 e. The van der Waals surface area contributed by atoms with Gasteiger partial charge in [-0.3, -0.25) is 4.57 Å². The Labute approximate surface area is 331 Å². The number of hydrogen-bond donors (Lipinski definition) is 0. The van der Waals surface area contributed by atoms with Crippen molar-refractivity contribution in [3.63, 3.8) is 0 Å². The van der Waals surface area contributed by atoms with E-state index >= 15 is 0 Å². The second-order valence-corrected chi connectivity index (χ2v) is 15.5. The van der Waals surface area contributed by atoms with Crippen molar-refractivity contribution in [2.75, 3.05) is 0 Å². The molecule has 6 heteroatoms. The van der Waals surface area contributed by atoms with Crippen LogP contribution < -0.4 is 0 Å². The van der Waals surface area contributed by atoms with Crippen LogP contribution in [-0.2, 0) is 0 Å². The molecular formula is C51H31N5S. The topological polar surface area (TPSA) is 48.5 Å². The molecule has 0 aliphatic heterocycles. The molecule has 0 amide bonds. The number of benzene rings is 8. The summed E-state index contributed by atoms with van der Waals surface area (Å²) < 4.78 is 7.01. The van der Waals surface area contributed by atoms with Gasteiger partial charge in [-0.15, -0.1) is 11.3 Å². The molecule has 0 N–H and O–H groups in total. The van der Waals surface area contributed by atoms with E-state index in [1.54, 1.807) is 11.3 Å². The second-order valence-electron chi connectivity index (χ2n) is 14.5. The minimum absolute atomic E-state index is 0.588. The Balaban J connectivity index is 1.03. The molecule has 0 fully saturated rings. The summed E-state index contributed by atoms with van der Waals surface area (Å²) in [4.78, 5) is 15.6. The van der Waals surface area contributed by atoms with E-state index in [4.69, 9.17) is 15.0 Å². The van der Waals surface area contributed by atoms with Crippen LogP contribution >= 0.6 is 11.3 Å². The van der Waals surface area contributed by atoms with Crippen molar-refractivity contribution < 1.29 is 0 Å². The number of rotatable bonds is 5. The van der Waals surface area contributed by atoms with Gasteiger partial charge in [0.2, 0.25) is 5.95 Å². The molecule has 0 saturated carbocycles. The normalized spacial score (nSPS) is 11.9. The van der Waals surface area contributed by atoms with Crippen LogP contribution in [0.25, 0.3) is 109 Å². The lowest BCUT2D eigenvalue weighted by atomic mass is 10.0. The highest BCUT2D eigenvalue weighted by molar-refractivity contribution is 7.25. The highest BCUT2D eigenvalue weighted by Crippen LogP contribution is 2.40. The van der Waals surface area contributed by atoms with Crippen molar-refractivity contribution in [1.82, 2.24) is 24.1 Å². The molecule has 0 bridgehead atoms. The van der Waals surface area contributed by atoms with Crippen molar-refractivity contribution in [3.05, 3.63) is 188 Å². The van der Waals surface area contributed by atoms with Gasteiger partial charge in [-0.1, -0.05) is 133 Å². The van der Waals surface area contributed by atoms with Crippen molar-refractivity contribution in [3.8, 4) is 45.5 Å². The van der Waals surface area contributed by atoms with Gasteiger partial charge in [0, 0.05) is 58.5 Å². The third-order valence-corrected chi connectivity index (χ3v) is 12.3. The molecule has 0 unspecified atom stereocenters. The van der Waals surface area contributed by atoms with Gasteiger partial charge in [0.1, 0.15) is 0 Å². The molecule has 0 saturated heterocycles. The molecular weight excluding hydrogens is 715 g/mol. The van der Waals surface area contributed by atoms with E-state index in [2.05, 4.69) is 179 Å². The van der Waals surface area contributed by atoms with Crippen molar-refractivity contribution in [2.24, 2.45) is 0 Å². The Morgan fingerprint density at radius 3 is 1.58 bits per heavy atom. The summed E-state index contributed by atoms with van der Waals surface area (Å²) >= 11 is 1.80. The first-order chi connectivity index (χ1) is 28.2. The van der Waals surface area contributed by atoms with Gasteiger partial charge in [0.05, 0.1) is 22.1 Å². The molecule has 4 heterocycles. The molecule has 12 rings (SSSR count). The molecule has 8 aromatic carbocycles. The highest BCUT2D eigenvalue weighted by Gasteiger charge is 2.19. The molecule has 5 nitrogen and oxygen atoms in total. The molecule has 57 heavy (non-hydrogen) atoms. The van der Waals surface area contributed by atoms with E-state index in [-0.39, 0.29) is 0 Å². The lowest BCUT2D eigenvalue weighted by Gasteiger charge is -2.11. The Morgan fingerprint density at radius 2 is 0.877 bits per heavy atom. The van der Waals surface area contributed by atoms with Crippen molar-refractivity contribution >= 4 is 75.1 Å². The fraction of sp³-hybridized carbons (Fsp3) is 0. The number of thiophene rings is 1. The maximum Gasteiger partial charge on any atom is 0.238 e. The third-order valence-electron chi connectivity index (χ3n) is 11.2. The number of fused-ring (bicyclic) bond motifs is 9. The van der Waals surface area contributed by atoms with E-state index in [1.807, 2.05) is 18.2 Å². The molecule has 0 radical (unpaired) electrons. The Morgan fingerprint density at radius 1 is 0.316 bits per heavy atom. The van der Waals surface area contributed by atoms with Crippen LogP contribution in [0.5, 0.6) is 0 Å². The summed E-state index contributed by atoms with van der Waals surface area (Å²) in [5, 5.41) is 7.29. The Bertz CT molecular complexity index is 3470. The first-order valence-corrected chi connectivity index (χ1v) is 19.9. The molecule has 4 aromatic heterocycles. The van der Waals surface area contributed by atoms with Crippen LogP contribution in [0.15, 0.2) is 188 Å². The van der Waals surface area contributed by atoms with Gasteiger partial charge in [-0.25, -0.2) is 4.98 Å². The lowest BCUT2D eigenvalue weighted by molar-refractivity contribution is 0.954. The molecule has 0 aliphatic carbocycles. The standard InChI is InChI=1S/C51H31N5S/c1-3-13-32(14-4-1)34-24-27-46-41(29-34)39-19-9-12-22-45(39)56(46)51-53-49(33-15-5-2-6-16-33)52-50(54-51)35-23-26-40-42-31-36(25-28-47(42)57-48(40)30-35)55-43-20-10-7-17-37(43)38-18-8-11-21-44(38)55/h1-31H. The van der Waals surface area contributed by atoms with Gasteiger partial charge < -0.3 is 4.57 Å². The van der Waals surface area contributed by atoms with Gasteiger partial charge in [-0.05, 0) is 65.7 Å². The second kappa shape index (κ2) is 12.6. The Hall–Kier alpha value is -7.41. The van der Waals surface area contributed by atoms with E-state index in [0.29, 0.717) is 17.6 Å². The van der Waals surface area contributed by atoms with Crippen molar-refractivity contribution in [2.45, 2.75) is 0 Å². The maximum absolute atomic E-state index is 5.26. The van der Waals surface area contributed by atoms with Crippen LogP contribution in [0.1, 0.15) is 0 Å². The van der Waals surface area contributed by atoms with E-state index < -0.39 is 0 Å². The van der Waals surface area contributed by atoms with Gasteiger partial charge >= 0.3 is 0 Å². The summed E-state index contributed by atoms with van der Waals surface area (Å²) in [7, 11) is 0. The van der Waals surface area contributed by atoms with Crippen LogP contribution in [0.4, 0.5) is 0 Å². The van der Waals surface area contributed by atoms with Crippen LogP contribution in [0.2, 0.25) is 0 Å². The number of para-hydroxylation sites is 3. The summed E-state index contributed by atoms with van der Waals surface area (Å²) in [6.45, 7) is 0. The Kier molecular flexibility index (Phi) is 7.03. The predicted molar refractivity (Wildman–Crippen MR) is 238 cm³/mol. The minimum atomic E-state index is 0.588. The fourth-order valence-electron chi connectivity index (χ4n) is 8.55. The fourth-order valence-corrected chi connectivity index (χ4v) is 9.68. The molecule has 0 atom stereocenters. The molecule has 0 aliphatic rings. The summed E-state index contributed by atoms with van der Waals surface area (Å²) in [6, 6.07) is 66.7. The van der Waals surface area contributed by atoms with Crippen LogP contribution in [-0.4, -0.2) is 24.1 Å². The number of nitrogens with zero attached hydrogens (tertiary/aromatic N) is 5. The highest BCUT2D eigenvalue weighted by atomic mass is 32.1. The van der Waals surface area contributed by atoms with E-state index in [0.717, 1.165) is 38.6 Å². The molecule has 0 spiro atoms.